The van der Waals surface area contributed by atoms with Gasteiger partial charge in [-0.05, 0) is 29.8 Å². The molecule has 0 spiro atoms. The first kappa shape index (κ1) is 16.8. The van der Waals surface area contributed by atoms with E-state index in [4.69, 9.17) is 11.6 Å². The third kappa shape index (κ3) is 4.22. The highest BCUT2D eigenvalue weighted by Gasteiger charge is 2.19. The fourth-order valence-electron chi connectivity index (χ4n) is 1.78. The molecule has 116 valence electrons. The lowest BCUT2D eigenvalue weighted by atomic mass is 10.2. The summed E-state index contributed by atoms with van der Waals surface area (Å²) >= 11 is 7.16. The summed E-state index contributed by atoms with van der Waals surface area (Å²) in [5.74, 6) is 0.500. The quantitative estimate of drug-likeness (QED) is 0.460. The van der Waals surface area contributed by atoms with Gasteiger partial charge in [-0.15, -0.1) is 11.8 Å². The molecule has 2 aromatic carbocycles. The number of benzene rings is 2. The van der Waals surface area contributed by atoms with Crippen LogP contribution in [0.5, 0.6) is 0 Å². The maximum atomic E-state index is 11.5. The minimum atomic E-state index is -3.48. The molecule has 0 unspecified atom stereocenters. The van der Waals surface area contributed by atoms with Gasteiger partial charge in [0.15, 0.2) is 9.84 Å². The van der Waals surface area contributed by atoms with Crippen LogP contribution < -0.4 is 0 Å². The summed E-state index contributed by atoms with van der Waals surface area (Å²) in [6.07, 6.45) is 1.02. The normalized spacial score (nSPS) is 11.4. The molecule has 5 nitrogen and oxygen atoms in total. The van der Waals surface area contributed by atoms with Crippen LogP contribution in [0.25, 0.3) is 0 Å². The van der Waals surface area contributed by atoms with Gasteiger partial charge in [0.1, 0.15) is 0 Å². The van der Waals surface area contributed by atoms with Gasteiger partial charge in [-0.2, -0.15) is 0 Å². The van der Waals surface area contributed by atoms with Crippen molar-refractivity contribution in [2.24, 2.45) is 0 Å². The number of hydrogen-bond acceptors (Lipinski definition) is 5. The number of nitrogens with zero attached hydrogens (tertiary/aromatic N) is 1. The average Bonchev–Trinajstić information content (AvgIpc) is 2.44. The summed E-state index contributed by atoms with van der Waals surface area (Å²) in [7, 11) is -3.48. The number of halogens is 1. The molecule has 0 aliphatic rings. The Bertz CT molecular complexity index is 821. The molecular formula is C14H12ClNO4S2. The lowest BCUT2D eigenvalue weighted by Crippen LogP contribution is -1.99. The predicted molar refractivity (Wildman–Crippen MR) is 87.2 cm³/mol. The minimum Gasteiger partial charge on any atom is -0.258 e. The first-order chi connectivity index (χ1) is 10.3. The van der Waals surface area contributed by atoms with Crippen LogP contribution in [0, 0.1) is 10.1 Å². The molecule has 0 atom stereocenters. The fraction of sp³-hybridized carbons (Fsp3) is 0.143. The van der Waals surface area contributed by atoms with Crippen LogP contribution in [0.4, 0.5) is 5.69 Å². The fourth-order valence-corrected chi connectivity index (χ4v) is 3.58. The molecule has 0 aliphatic heterocycles. The lowest BCUT2D eigenvalue weighted by Gasteiger charge is -2.05. The number of thioether (sulfide) groups is 1. The minimum absolute atomic E-state index is 0.0636. The molecule has 0 aliphatic carbocycles. The van der Waals surface area contributed by atoms with Gasteiger partial charge < -0.3 is 0 Å². The highest BCUT2D eigenvalue weighted by molar-refractivity contribution is 7.98. The molecule has 0 amide bonds. The van der Waals surface area contributed by atoms with Crippen molar-refractivity contribution >= 4 is 38.9 Å². The molecule has 0 fully saturated rings. The Hall–Kier alpha value is -1.57. The van der Waals surface area contributed by atoms with E-state index in [0.717, 1.165) is 17.9 Å². The van der Waals surface area contributed by atoms with Gasteiger partial charge in [0, 0.05) is 23.1 Å². The van der Waals surface area contributed by atoms with Crippen molar-refractivity contribution in [1.82, 2.24) is 0 Å². The molecule has 0 saturated carbocycles. The van der Waals surface area contributed by atoms with Crippen molar-refractivity contribution in [2.45, 2.75) is 15.5 Å². The topological polar surface area (TPSA) is 77.3 Å². The Morgan fingerprint density at radius 2 is 1.95 bits per heavy atom. The van der Waals surface area contributed by atoms with Crippen molar-refractivity contribution < 1.29 is 13.3 Å². The van der Waals surface area contributed by atoms with Gasteiger partial charge in [-0.3, -0.25) is 10.1 Å². The Kier molecular flexibility index (Phi) is 5.10. The molecule has 0 radical (unpaired) electrons. The van der Waals surface area contributed by atoms with Gasteiger partial charge in [0.2, 0.25) is 0 Å². The third-order valence-corrected chi connectivity index (χ3v) is 5.32. The predicted octanol–water partition coefficient (Wildman–Crippen LogP) is 3.94. The van der Waals surface area contributed by atoms with E-state index >= 15 is 0 Å². The Morgan fingerprint density at radius 3 is 2.55 bits per heavy atom. The smallest absolute Gasteiger partial charge is 0.258 e. The highest BCUT2D eigenvalue weighted by Crippen LogP contribution is 2.33. The summed E-state index contributed by atoms with van der Waals surface area (Å²) in [6.45, 7) is 0. The van der Waals surface area contributed by atoms with E-state index in [2.05, 4.69) is 0 Å². The van der Waals surface area contributed by atoms with Crippen LogP contribution in [0.2, 0.25) is 5.02 Å². The van der Waals surface area contributed by atoms with E-state index in [9.17, 15) is 18.5 Å². The van der Waals surface area contributed by atoms with Crippen LogP contribution >= 0.6 is 23.4 Å². The molecule has 0 N–H and O–H groups in total. The summed E-state index contributed by atoms with van der Waals surface area (Å²) in [6, 6.07) is 11.1. The Balaban J connectivity index is 2.29. The zero-order chi connectivity index (χ0) is 16.3. The van der Waals surface area contributed by atoms with Crippen molar-refractivity contribution in [3.63, 3.8) is 0 Å². The SMILES string of the molecule is CS(=O)(=O)c1ccc(SCc2cccc(Cl)c2)c([N+](=O)[O-])c1. The molecule has 0 aromatic heterocycles. The van der Waals surface area contributed by atoms with Gasteiger partial charge in [-0.1, -0.05) is 23.7 Å². The summed E-state index contributed by atoms with van der Waals surface area (Å²) < 4.78 is 23.0. The zero-order valence-electron chi connectivity index (χ0n) is 11.5. The third-order valence-electron chi connectivity index (χ3n) is 2.84. The van der Waals surface area contributed by atoms with Crippen LogP contribution in [0.15, 0.2) is 52.3 Å². The highest BCUT2D eigenvalue weighted by atomic mass is 35.5. The van der Waals surface area contributed by atoms with E-state index in [0.29, 0.717) is 15.7 Å². The van der Waals surface area contributed by atoms with Crippen molar-refractivity contribution in [1.29, 1.82) is 0 Å². The largest absolute Gasteiger partial charge is 0.284 e. The molecule has 22 heavy (non-hydrogen) atoms. The lowest BCUT2D eigenvalue weighted by molar-refractivity contribution is -0.388. The molecule has 2 aromatic rings. The van der Waals surface area contributed by atoms with E-state index < -0.39 is 14.8 Å². The number of hydrogen-bond donors (Lipinski definition) is 0. The number of rotatable bonds is 5. The van der Waals surface area contributed by atoms with Gasteiger partial charge in [-0.25, -0.2) is 8.42 Å². The second-order valence-corrected chi connectivity index (χ2v) is 8.05. The number of sulfone groups is 1. The van der Waals surface area contributed by atoms with Crippen molar-refractivity contribution in [3.05, 3.63) is 63.2 Å². The van der Waals surface area contributed by atoms with E-state index in [1.54, 1.807) is 18.2 Å². The number of nitro benzene ring substituents is 1. The van der Waals surface area contributed by atoms with Gasteiger partial charge in [0.05, 0.1) is 14.7 Å². The standard InChI is InChI=1S/C14H12ClNO4S2/c1-22(19,20)12-5-6-14(13(8-12)16(17)18)21-9-10-3-2-4-11(15)7-10/h2-8H,9H2,1H3. The molecule has 8 heteroatoms. The summed E-state index contributed by atoms with van der Waals surface area (Å²) in [5.41, 5.74) is 0.717. The monoisotopic (exact) mass is 357 g/mol. The van der Waals surface area contributed by atoms with Gasteiger partial charge >= 0.3 is 0 Å². The van der Waals surface area contributed by atoms with Crippen LogP contribution in [0.1, 0.15) is 5.56 Å². The second kappa shape index (κ2) is 6.68. The molecule has 0 bridgehead atoms. The maximum absolute atomic E-state index is 11.5. The van der Waals surface area contributed by atoms with E-state index in [-0.39, 0.29) is 10.6 Å². The average molecular weight is 358 g/mol. The Labute approximate surface area is 137 Å². The van der Waals surface area contributed by atoms with Crippen molar-refractivity contribution in [2.75, 3.05) is 6.26 Å². The summed E-state index contributed by atoms with van der Waals surface area (Å²) in [5, 5.41) is 11.7. The van der Waals surface area contributed by atoms with E-state index in [1.807, 2.05) is 6.07 Å². The van der Waals surface area contributed by atoms with Crippen LogP contribution in [-0.4, -0.2) is 19.6 Å². The first-order valence-corrected chi connectivity index (χ1v) is 9.38. The molecule has 0 saturated heterocycles. The number of nitro groups is 1. The zero-order valence-corrected chi connectivity index (χ0v) is 13.9. The second-order valence-electron chi connectivity index (χ2n) is 4.58. The molecular weight excluding hydrogens is 346 g/mol. The summed E-state index contributed by atoms with van der Waals surface area (Å²) in [4.78, 5) is 10.9. The van der Waals surface area contributed by atoms with Crippen LogP contribution in [-0.2, 0) is 15.6 Å². The molecule has 2 rings (SSSR count). The Morgan fingerprint density at radius 1 is 1.23 bits per heavy atom. The first-order valence-electron chi connectivity index (χ1n) is 6.13. The van der Waals surface area contributed by atoms with Gasteiger partial charge in [0.25, 0.3) is 5.69 Å². The van der Waals surface area contributed by atoms with Crippen molar-refractivity contribution in [3.8, 4) is 0 Å². The van der Waals surface area contributed by atoms with E-state index in [1.165, 1.54) is 23.9 Å². The maximum Gasteiger partial charge on any atom is 0.284 e. The van der Waals surface area contributed by atoms with Crippen LogP contribution in [0.3, 0.4) is 0 Å². The molecule has 0 heterocycles.